The first-order valence-corrected chi connectivity index (χ1v) is 9.50. The Kier molecular flexibility index (Phi) is 4.67. The van der Waals surface area contributed by atoms with Gasteiger partial charge in [-0.15, -0.1) is 11.3 Å². The molecule has 1 aromatic carbocycles. The van der Waals surface area contributed by atoms with Crippen molar-refractivity contribution in [3.8, 4) is 10.8 Å². The highest BCUT2D eigenvalue weighted by atomic mass is 32.1. The molecule has 140 valence electrons. The molecule has 0 bridgehead atoms. The fourth-order valence-electron chi connectivity index (χ4n) is 3.27. The summed E-state index contributed by atoms with van der Waals surface area (Å²) in [5.41, 5.74) is 0.924. The lowest BCUT2D eigenvalue weighted by Crippen LogP contribution is -2.44. The van der Waals surface area contributed by atoms with Crippen LogP contribution in [0.25, 0.3) is 21.0 Å². The van der Waals surface area contributed by atoms with E-state index in [0.717, 1.165) is 15.2 Å². The number of aliphatic hydroxyl groups is 1. The number of carbonyl (C=O) groups is 2. The van der Waals surface area contributed by atoms with Gasteiger partial charge in [0, 0.05) is 19.9 Å². The number of amides is 2. The number of hydrogen-bond donors (Lipinski definition) is 2. The van der Waals surface area contributed by atoms with Gasteiger partial charge >= 0.3 is 0 Å². The number of rotatable bonds is 4. The van der Waals surface area contributed by atoms with Gasteiger partial charge < -0.3 is 19.7 Å². The van der Waals surface area contributed by atoms with E-state index in [1.54, 1.807) is 17.4 Å². The second-order valence-electron chi connectivity index (χ2n) is 6.55. The van der Waals surface area contributed by atoms with Crippen molar-refractivity contribution in [1.29, 1.82) is 0 Å². The minimum atomic E-state index is -0.668. The van der Waals surface area contributed by atoms with Crippen LogP contribution in [0.4, 0.5) is 0 Å². The first-order valence-electron chi connectivity index (χ1n) is 8.69. The Hall–Kier alpha value is -2.71. The number of nitrogens with one attached hydrogen (secondary N) is 1. The van der Waals surface area contributed by atoms with Crippen molar-refractivity contribution in [2.45, 2.75) is 32.0 Å². The van der Waals surface area contributed by atoms with Crippen molar-refractivity contribution < 1.29 is 19.1 Å². The number of nitrogens with zero attached hydrogens (tertiary/aromatic N) is 2. The monoisotopic (exact) mass is 385 g/mol. The molecule has 2 amide bonds. The zero-order valence-electron chi connectivity index (χ0n) is 14.7. The summed E-state index contributed by atoms with van der Waals surface area (Å²) in [5.74, 6) is 0.745. The lowest BCUT2D eigenvalue weighted by Gasteiger charge is -2.21. The van der Waals surface area contributed by atoms with Gasteiger partial charge in [-0.25, -0.2) is 4.98 Å². The maximum atomic E-state index is 12.4. The number of para-hydroxylation sites is 1. The Morgan fingerprint density at radius 2 is 2.15 bits per heavy atom. The van der Waals surface area contributed by atoms with Gasteiger partial charge in [0.15, 0.2) is 10.8 Å². The smallest absolute Gasteiger partial charge is 0.243 e. The van der Waals surface area contributed by atoms with Crippen LogP contribution in [-0.4, -0.2) is 45.5 Å². The Labute approximate surface area is 159 Å². The van der Waals surface area contributed by atoms with Crippen molar-refractivity contribution in [2.24, 2.45) is 0 Å². The summed E-state index contributed by atoms with van der Waals surface area (Å²) in [6.45, 7) is 1.80. The van der Waals surface area contributed by atoms with Gasteiger partial charge in [0.25, 0.3) is 0 Å². The van der Waals surface area contributed by atoms with E-state index < -0.39 is 12.1 Å². The molecule has 2 aromatic heterocycles. The third-order valence-electron chi connectivity index (χ3n) is 4.59. The first-order chi connectivity index (χ1) is 13.0. The predicted octanol–water partition coefficient (Wildman–Crippen LogP) is 2.15. The number of fused-ring (bicyclic) bond motifs is 1. The van der Waals surface area contributed by atoms with E-state index in [-0.39, 0.29) is 31.3 Å². The molecular formula is C19H19N3O4S. The van der Waals surface area contributed by atoms with Gasteiger partial charge in [-0.2, -0.15) is 0 Å². The highest BCUT2D eigenvalue weighted by Gasteiger charge is 2.37. The van der Waals surface area contributed by atoms with E-state index in [0.29, 0.717) is 11.5 Å². The molecule has 3 heterocycles. The SMILES string of the molecule is CC(=O)N1C[C@H](O)C[C@@H]1C(=O)NCc1ccc(-c2nc3ccccc3s2)o1. The van der Waals surface area contributed by atoms with Gasteiger partial charge in [-0.1, -0.05) is 12.1 Å². The van der Waals surface area contributed by atoms with Crippen LogP contribution in [0.5, 0.6) is 0 Å². The van der Waals surface area contributed by atoms with E-state index in [1.165, 1.54) is 11.8 Å². The molecule has 2 N–H and O–H groups in total. The Balaban J connectivity index is 1.42. The number of furan rings is 1. The summed E-state index contributed by atoms with van der Waals surface area (Å²) in [5, 5.41) is 13.3. The van der Waals surface area contributed by atoms with Crippen LogP contribution in [0.15, 0.2) is 40.8 Å². The van der Waals surface area contributed by atoms with Gasteiger partial charge in [-0.05, 0) is 24.3 Å². The number of benzene rings is 1. The summed E-state index contributed by atoms with van der Waals surface area (Å²) in [4.78, 5) is 30.0. The maximum absolute atomic E-state index is 12.4. The molecular weight excluding hydrogens is 366 g/mol. The van der Waals surface area contributed by atoms with E-state index in [1.807, 2.05) is 30.3 Å². The molecule has 2 atom stereocenters. The van der Waals surface area contributed by atoms with Crippen LogP contribution < -0.4 is 5.32 Å². The second kappa shape index (κ2) is 7.13. The molecule has 8 heteroatoms. The zero-order chi connectivity index (χ0) is 19.0. The van der Waals surface area contributed by atoms with Gasteiger partial charge in [0.1, 0.15) is 11.8 Å². The third-order valence-corrected chi connectivity index (χ3v) is 5.64. The highest BCUT2D eigenvalue weighted by molar-refractivity contribution is 7.21. The lowest BCUT2D eigenvalue weighted by atomic mass is 10.2. The molecule has 1 aliphatic heterocycles. The molecule has 1 saturated heterocycles. The molecule has 0 saturated carbocycles. The first kappa shape index (κ1) is 17.7. The van der Waals surface area contributed by atoms with Crippen LogP contribution in [0.2, 0.25) is 0 Å². The number of thiazole rings is 1. The number of β-amino-alcohol motifs (C(OH)–C–C–N with tert-alkyl or cyclic N) is 1. The highest BCUT2D eigenvalue weighted by Crippen LogP contribution is 2.31. The van der Waals surface area contributed by atoms with E-state index in [9.17, 15) is 14.7 Å². The molecule has 27 heavy (non-hydrogen) atoms. The summed E-state index contributed by atoms with van der Waals surface area (Å²) in [6, 6.07) is 10.9. The minimum absolute atomic E-state index is 0.190. The summed E-state index contributed by atoms with van der Waals surface area (Å²) in [7, 11) is 0. The fraction of sp³-hybridized carbons (Fsp3) is 0.316. The van der Waals surface area contributed by atoms with Crippen LogP contribution in [0.3, 0.4) is 0 Å². The van der Waals surface area contributed by atoms with E-state index in [4.69, 9.17) is 4.42 Å². The summed E-state index contributed by atoms with van der Waals surface area (Å²) < 4.78 is 6.90. The quantitative estimate of drug-likeness (QED) is 0.718. The van der Waals surface area contributed by atoms with Gasteiger partial charge in [-0.3, -0.25) is 9.59 Å². The normalized spacial score (nSPS) is 19.6. The summed E-state index contributed by atoms with van der Waals surface area (Å²) >= 11 is 1.55. The minimum Gasteiger partial charge on any atom is -0.457 e. The van der Waals surface area contributed by atoms with Crippen LogP contribution >= 0.6 is 11.3 Å². The standard InChI is InChI=1S/C19H19N3O4S/c1-11(23)22-10-12(24)8-15(22)18(25)20-9-13-6-7-16(26-13)19-21-14-4-2-3-5-17(14)27-19/h2-7,12,15,24H,8-10H2,1H3,(H,20,25)/t12-,15-/m1/s1. The molecule has 1 fully saturated rings. The van der Waals surface area contributed by atoms with Crippen molar-refractivity contribution in [3.05, 3.63) is 42.2 Å². The summed E-state index contributed by atoms with van der Waals surface area (Å²) in [6.07, 6.45) is -0.417. The molecule has 1 aliphatic rings. The van der Waals surface area contributed by atoms with E-state index >= 15 is 0 Å². The van der Waals surface area contributed by atoms with Crippen molar-refractivity contribution in [2.75, 3.05) is 6.54 Å². The molecule has 4 rings (SSSR count). The predicted molar refractivity (Wildman–Crippen MR) is 101 cm³/mol. The largest absolute Gasteiger partial charge is 0.457 e. The third kappa shape index (κ3) is 3.58. The number of hydrogen-bond acceptors (Lipinski definition) is 6. The van der Waals surface area contributed by atoms with E-state index in [2.05, 4.69) is 10.3 Å². The van der Waals surface area contributed by atoms with Crippen molar-refractivity contribution >= 4 is 33.4 Å². The average Bonchev–Trinajstić information content (AvgIpc) is 3.36. The average molecular weight is 385 g/mol. The van der Waals surface area contributed by atoms with Crippen LogP contribution in [0.1, 0.15) is 19.1 Å². The fourth-order valence-corrected chi connectivity index (χ4v) is 4.20. The number of likely N-dealkylation sites (tertiary alicyclic amines) is 1. The van der Waals surface area contributed by atoms with Crippen LogP contribution in [0, 0.1) is 0 Å². The maximum Gasteiger partial charge on any atom is 0.243 e. The van der Waals surface area contributed by atoms with Gasteiger partial charge in [0.2, 0.25) is 11.8 Å². The molecule has 0 unspecified atom stereocenters. The van der Waals surface area contributed by atoms with Crippen molar-refractivity contribution in [1.82, 2.24) is 15.2 Å². The Bertz CT molecular complexity index is 963. The molecule has 0 radical (unpaired) electrons. The molecule has 0 aliphatic carbocycles. The van der Waals surface area contributed by atoms with Crippen molar-refractivity contribution in [3.63, 3.8) is 0 Å². The number of aliphatic hydroxyl groups excluding tert-OH is 1. The number of aromatic nitrogens is 1. The topological polar surface area (TPSA) is 95.7 Å². The second-order valence-corrected chi connectivity index (χ2v) is 7.58. The Morgan fingerprint density at radius 1 is 1.33 bits per heavy atom. The molecule has 0 spiro atoms. The van der Waals surface area contributed by atoms with Crippen LogP contribution in [-0.2, 0) is 16.1 Å². The number of carbonyl (C=O) groups excluding carboxylic acids is 2. The molecule has 7 nitrogen and oxygen atoms in total. The lowest BCUT2D eigenvalue weighted by molar-refractivity contribution is -0.137. The zero-order valence-corrected chi connectivity index (χ0v) is 15.5. The van der Waals surface area contributed by atoms with Gasteiger partial charge in [0.05, 0.1) is 22.9 Å². The Morgan fingerprint density at radius 3 is 2.93 bits per heavy atom. The molecule has 3 aromatic rings.